The number of hydrogen-bond acceptors (Lipinski definition) is 5. The average Bonchev–Trinajstić information content (AvgIpc) is 2.78. The van der Waals surface area contributed by atoms with Crippen LogP contribution in [0, 0.1) is 5.82 Å². The summed E-state index contributed by atoms with van der Waals surface area (Å²) in [5.41, 5.74) is -1.75. The van der Waals surface area contributed by atoms with Crippen LogP contribution in [0.15, 0.2) is 75.1 Å². The molecule has 0 aliphatic rings. The zero-order chi connectivity index (χ0) is 24.0. The molecule has 0 amide bonds. The van der Waals surface area contributed by atoms with Gasteiger partial charge in [0.2, 0.25) is 5.43 Å². The van der Waals surface area contributed by atoms with Gasteiger partial charge < -0.3 is 4.42 Å². The second-order valence-electron chi connectivity index (χ2n) is 7.17. The number of benzene rings is 2. The van der Waals surface area contributed by atoms with Gasteiger partial charge in [0.15, 0.2) is 9.84 Å². The third-order valence-corrected chi connectivity index (χ3v) is 6.82. The van der Waals surface area contributed by atoms with Crippen molar-refractivity contribution in [3.05, 3.63) is 82.6 Å². The highest BCUT2D eigenvalue weighted by atomic mass is 32.2. The Labute approximate surface area is 185 Å². The number of nitrogens with zero attached hydrogens (tertiary/aromatic N) is 1. The van der Waals surface area contributed by atoms with Crippen molar-refractivity contribution in [2.45, 2.75) is 18.0 Å². The summed E-state index contributed by atoms with van der Waals surface area (Å²) in [6, 6.07) is 9.18. The molecule has 10 heteroatoms. The van der Waals surface area contributed by atoms with Gasteiger partial charge in [-0.05, 0) is 42.0 Å². The fraction of sp³-hybridized carbons (Fsp3) is 0.130. The Morgan fingerprint density at radius 1 is 1.03 bits per heavy atom. The fourth-order valence-corrected chi connectivity index (χ4v) is 4.41. The van der Waals surface area contributed by atoms with Crippen LogP contribution < -0.4 is 5.43 Å². The van der Waals surface area contributed by atoms with Gasteiger partial charge in [-0.2, -0.15) is 13.2 Å². The molecule has 2 aromatic carbocycles. The van der Waals surface area contributed by atoms with Crippen LogP contribution >= 0.6 is 0 Å². The fourth-order valence-electron chi connectivity index (χ4n) is 3.33. The second kappa shape index (κ2) is 8.11. The molecule has 0 saturated heterocycles. The SMILES string of the molecule is CCS(=O)(=O)c1cc(-c2cccc(F)c2)cnc1-c1coc2cc(C(F)(F)F)ccc2c1=O. The molecule has 0 aliphatic heterocycles. The molecule has 0 saturated carbocycles. The van der Waals surface area contributed by atoms with Crippen molar-refractivity contribution in [2.75, 3.05) is 5.75 Å². The van der Waals surface area contributed by atoms with Crippen LogP contribution in [0.25, 0.3) is 33.4 Å². The van der Waals surface area contributed by atoms with Gasteiger partial charge in [-0.3, -0.25) is 9.78 Å². The molecule has 33 heavy (non-hydrogen) atoms. The van der Waals surface area contributed by atoms with E-state index in [2.05, 4.69) is 4.98 Å². The molecule has 2 heterocycles. The standard InChI is InChI=1S/C23H15F4NO4S/c1-2-33(30,31)20-9-14(13-4-3-5-16(24)8-13)11-28-21(20)18-12-32-19-10-15(23(25,26)27)6-7-17(19)22(18)29/h3-12H,2H2,1H3. The molecule has 2 aromatic heterocycles. The van der Waals surface area contributed by atoms with Crippen molar-refractivity contribution in [3.63, 3.8) is 0 Å². The predicted octanol–water partition coefficient (Wildman–Crippen LogP) is 5.47. The molecule has 5 nitrogen and oxygen atoms in total. The Balaban J connectivity index is 1.94. The first-order valence-electron chi connectivity index (χ1n) is 9.63. The zero-order valence-corrected chi connectivity index (χ0v) is 17.8. The Hall–Kier alpha value is -3.53. The lowest BCUT2D eigenvalue weighted by atomic mass is 10.0. The molecule has 0 radical (unpaired) electrons. The third-order valence-electron chi connectivity index (χ3n) is 5.08. The summed E-state index contributed by atoms with van der Waals surface area (Å²) in [6.07, 6.45) is -2.44. The first kappa shape index (κ1) is 22.7. The molecule has 0 fully saturated rings. The van der Waals surface area contributed by atoms with E-state index in [1.807, 2.05) is 0 Å². The van der Waals surface area contributed by atoms with E-state index in [4.69, 9.17) is 4.42 Å². The van der Waals surface area contributed by atoms with Crippen molar-refractivity contribution in [1.29, 1.82) is 0 Å². The monoisotopic (exact) mass is 477 g/mol. The maximum absolute atomic E-state index is 13.6. The summed E-state index contributed by atoms with van der Waals surface area (Å²) in [5, 5.41) is -0.156. The van der Waals surface area contributed by atoms with Gasteiger partial charge in [0, 0.05) is 11.8 Å². The van der Waals surface area contributed by atoms with E-state index in [0.29, 0.717) is 17.2 Å². The third kappa shape index (κ3) is 4.25. The summed E-state index contributed by atoms with van der Waals surface area (Å²) < 4.78 is 83.4. The van der Waals surface area contributed by atoms with Crippen LogP contribution in [0.1, 0.15) is 12.5 Å². The van der Waals surface area contributed by atoms with Gasteiger partial charge in [-0.1, -0.05) is 19.1 Å². The molecule has 170 valence electrons. The van der Waals surface area contributed by atoms with Crippen LogP contribution in [-0.2, 0) is 16.0 Å². The molecular weight excluding hydrogens is 462 g/mol. The van der Waals surface area contributed by atoms with E-state index in [-0.39, 0.29) is 32.9 Å². The summed E-state index contributed by atoms with van der Waals surface area (Å²) in [4.78, 5) is 16.9. The Morgan fingerprint density at radius 2 is 1.79 bits per heavy atom. The minimum Gasteiger partial charge on any atom is -0.463 e. The van der Waals surface area contributed by atoms with Gasteiger partial charge in [-0.15, -0.1) is 0 Å². The number of alkyl halides is 3. The number of halogens is 4. The highest BCUT2D eigenvalue weighted by Gasteiger charge is 2.31. The van der Waals surface area contributed by atoms with Crippen LogP contribution in [0.5, 0.6) is 0 Å². The lowest BCUT2D eigenvalue weighted by Gasteiger charge is -2.12. The zero-order valence-electron chi connectivity index (χ0n) is 17.0. The van der Waals surface area contributed by atoms with Crippen molar-refractivity contribution < 1.29 is 30.4 Å². The Bertz CT molecular complexity index is 1540. The number of aromatic nitrogens is 1. The largest absolute Gasteiger partial charge is 0.463 e. The van der Waals surface area contributed by atoms with Crippen molar-refractivity contribution in [3.8, 4) is 22.4 Å². The maximum Gasteiger partial charge on any atom is 0.416 e. The summed E-state index contributed by atoms with van der Waals surface area (Å²) >= 11 is 0. The number of sulfone groups is 1. The molecule has 0 unspecified atom stereocenters. The summed E-state index contributed by atoms with van der Waals surface area (Å²) in [7, 11) is -3.90. The Morgan fingerprint density at radius 3 is 2.45 bits per heavy atom. The summed E-state index contributed by atoms with van der Waals surface area (Å²) in [5.74, 6) is -0.827. The van der Waals surface area contributed by atoms with Crippen molar-refractivity contribution >= 4 is 20.8 Å². The Kier molecular flexibility index (Phi) is 5.57. The van der Waals surface area contributed by atoms with Crippen molar-refractivity contribution in [1.82, 2.24) is 4.98 Å². The lowest BCUT2D eigenvalue weighted by molar-refractivity contribution is -0.137. The highest BCUT2D eigenvalue weighted by molar-refractivity contribution is 7.91. The first-order chi connectivity index (χ1) is 15.5. The van der Waals surface area contributed by atoms with Crippen LogP contribution in [0.4, 0.5) is 17.6 Å². The highest BCUT2D eigenvalue weighted by Crippen LogP contribution is 2.33. The number of hydrogen-bond donors (Lipinski definition) is 0. The van der Waals surface area contributed by atoms with E-state index >= 15 is 0 Å². The van der Waals surface area contributed by atoms with Crippen LogP contribution in [-0.4, -0.2) is 19.2 Å². The van der Waals surface area contributed by atoms with Gasteiger partial charge in [0.05, 0.1) is 32.9 Å². The van der Waals surface area contributed by atoms with Gasteiger partial charge in [0.25, 0.3) is 0 Å². The molecule has 0 spiro atoms. The molecular formula is C23H15F4NO4S. The van der Waals surface area contributed by atoms with Gasteiger partial charge in [-0.25, -0.2) is 12.8 Å². The number of pyridine rings is 1. The van der Waals surface area contributed by atoms with E-state index in [9.17, 15) is 30.8 Å². The van der Waals surface area contributed by atoms with Gasteiger partial charge >= 0.3 is 6.18 Å². The minimum atomic E-state index is -4.62. The molecule has 0 atom stereocenters. The molecule has 0 bridgehead atoms. The molecule has 4 rings (SSSR count). The lowest BCUT2D eigenvalue weighted by Crippen LogP contribution is -2.12. The smallest absolute Gasteiger partial charge is 0.416 e. The van der Waals surface area contributed by atoms with Crippen LogP contribution in [0.2, 0.25) is 0 Å². The van der Waals surface area contributed by atoms with E-state index in [0.717, 1.165) is 18.4 Å². The summed E-state index contributed by atoms with van der Waals surface area (Å²) in [6.45, 7) is 1.41. The minimum absolute atomic E-state index is 0.156. The van der Waals surface area contributed by atoms with Gasteiger partial charge in [0.1, 0.15) is 17.7 Å². The average molecular weight is 477 g/mol. The van der Waals surface area contributed by atoms with E-state index < -0.39 is 32.8 Å². The quantitative estimate of drug-likeness (QED) is 0.364. The van der Waals surface area contributed by atoms with E-state index in [1.54, 1.807) is 6.07 Å². The number of fused-ring (bicyclic) bond motifs is 1. The second-order valence-corrected chi connectivity index (χ2v) is 9.42. The normalized spacial score (nSPS) is 12.3. The van der Waals surface area contributed by atoms with E-state index in [1.165, 1.54) is 37.4 Å². The maximum atomic E-state index is 13.6. The molecule has 0 N–H and O–H groups in total. The predicted molar refractivity (Wildman–Crippen MR) is 114 cm³/mol. The number of rotatable bonds is 4. The molecule has 4 aromatic rings. The molecule has 0 aliphatic carbocycles. The first-order valence-corrected chi connectivity index (χ1v) is 11.3. The topological polar surface area (TPSA) is 77.2 Å². The van der Waals surface area contributed by atoms with Crippen LogP contribution in [0.3, 0.4) is 0 Å². The van der Waals surface area contributed by atoms with Crippen molar-refractivity contribution in [2.24, 2.45) is 0 Å².